The molecule has 0 spiro atoms. The van der Waals surface area contributed by atoms with Gasteiger partial charge >= 0.3 is 0 Å². The number of rotatable bonds is 8. The van der Waals surface area contributed by atoms with E-state index in [4.69, 9.17) is 9.47 Å². The summed E-state index contributed by atoms with van der Waals surface area (Å²) in [5.41, 5.74) is 4.81. The van der Waals surface area contributed by atoms with Gasteiger partial charge in [0.2, 0.25) is 12.7 Å². The highest BCUT2D eigenvalue weighted by Crippen LogP contribution is 2.32. The molecule has 9 nitrogen and oxygen atoms in total. The Morgan fingerprint density at radius 1 is 1.00 bits per heavy atom. The minimum atomic E-state index is -1.17. The second-order valence-electron chi connectivity index (χ2n) is 6.56. The van der Waals surface area contributed by atoms with Crippen molar-refractivity contribution in [3.63, 3.8) is 0 Å². The molecule has 0 saturated carbocycles. The van der Waals surface area contributed by atoms with Crippen LogP contribution in [0.1, 0.15) is 42.1 Å². The Bertz CT molecular complexity index is 985. The third-order valence-corrected chi connectivity index (χ3v) is 4.33. The zero-order chi connectivity index (χ0) is 21.5. The van der Waals surface area contributed by atoms with Crippen LogP contribution in [0.15, 0.2) is 47.6 Å². The number of carboxylic acids is 1. The van der Waals surface area contributed by atoms with E-state index in [1.165, 1.54) is 0 Å². The Morgan fingerprint density at radius 3 is 2.43 bits per heavy atom. The van der Waals surface area contributed by atoms with Gasteiger partial charge in [0.05, 0.1) is 5.71 Å². The highest BCUT2D eigenvalue weighted by atomic mass is 16.7. The van der Waals surface area contributed by atoms with Crippen LogP contribution in [-0.2, 0) is 9.59 Å². The van der Waals surface area contributed by atoms with Crippen molar-refractivity contribution < 1.29 is 29.0 Å². The number of carbonyl (C=O) groups excluding carboxylic acids is 3. The van der Waals surface area contributed by atoms with Crippen LogP contribution in [0.5, 0.6) is 11.5 Å². The van der Waals surface area contributed by atoms with E-state index in [2.05, 4.69) is 15.8 Å². The normalized spacial score (nSPS) is 12.4. The fourth-order valence-electron chi connectivity index (χ4n) is 2.71. The van der Waals surface area contributed by atoms with Crippen LogP contribution in [0.4, 0.5) is 5.69 Å². The molecule has 2 amide bonds. The first-order valence-electron chi connectivity index (χ1n) is 9.27. The van der Waals surface area contributed by atoms with E-state index in [-0.39, 0.29) is 37.9 Å². The summed E-state index contributed by atoms with van der Waals surface area (Å²) in [7, 11) is 0. The Labute approximate surface area is 172 Å². The molecule has 0 radical (unpaired) electrons. The lowest BCUT2D eigenvalue weighted by Gasteiger charge is -2.07. The van der Waals surface area contributed by atoms with Crippen molar-refractivity contribution in [2.45, 2.75) is 26.2 Å². The molecule has 9 heteroatoms. The summed E-state index contributed by atoms with van der Waals surface area (Å²) in [6, 6.07) is 11.8. The minimum absolute atomic E-state index is 0.0993. The number of nitrogens with zero attached hydrogens (tertiary/aromatic N) is 1. The topological polar surface area (TPSA) is 129 Å². The van der Waals surface area contributed by atoms with Crippen LogP contribution in [0, 0.1) is 0 Å². The third kappa shape index (κ3) is 5.57. The number of carbonyl (C=O) groups is 3. The van der Waals surface area contributed by atoms with Gasteiger partial charge in [-0.2, -0.15) is 5.10 Å². The molecule has 0 fully saturated rings. The largest absolute Gasteiger partial charge is 0.550 e. The van der Waals surface area contributed by atoms with Crippen LogP contribution >= 0.6 is 0 Å². The quantitative estimate of drug-likeness (QED) is 0.500. The number of fused-ring (bicyclic) bond motifs is 1. The van der Waals surface area contributed by atoms with Crippen LogP contribution in [-0.4, -0.2) is 30.3 Å². The molecule has 0 aromatic heterocycles. The van der Waals surface area contributed by atoms with E-state index < -0.39 is 5.97 Å². The first-order chi connectivity index (χ1) is 14.4. The summed E-state index contributed by atoms with van der Waals surface area (Å²) in [6.07, 6.45) is 0.170. The lowest BCUT2D eigenvalue weighted by Crippen LogP contribution is -2.22. The van der Waals surface area contributed by atoms with E-state index in [0.717, 1.165) is 5.56 Å². The van der Waals surface area contributed by atoms with E-state index >= 15 is 0 Å². The predicted octanol–water partition coefficient (Wildman–Crippen LogP) is 1.43. The first-order valence-corrected chi connectivity index (χ1v) is 9.27. The number of benzene rings is 2. The van der Waals surface area contributed by atoms with Gasteiger partial charge in [-0.05, 0) is 55.7 Å². The van der Waals surface area contributed by atoms with Gasteiger partial charge in [-0.15, -0.1) is 0 Å². The molecular formula is C21H20N3O6-. The average molecular weight is 410 g/mol. The summed E-state index contributed by atoms with van der Waals surface area (Å²) in [6.45, 7) is 1.88. The summed E-state index contributed by atoms with van der Waals surface area (Å²) in [5.74, 6) is -0.719. The van der Waals surface area contributed by atoms with Crippen molar-refractivity contribution in [1.29, 1.82) is 0 Å². The Hall–Kier alpha value is -3.88. The molecule has 2 aromatic carbocycles. The molecule has 30 heavy (non-hydrogen) atoms. The van der Waals surface area contributed by atoms with Gasteiger partial charge in [0, 0.05) is 23.6 Å². The van der Waals surface area contributed by atoms with E-state index in [9.17, 15) is 19.5 Å². The fourth-order valence-corrected chi connectivity index (χ4v) is 2.71. The number of hydrazone groups is 1. The molecule has 1 aliphatic rings. The molecule has 0 atom stereocenters. The molecule has 0 saturated heterocycles. The molecule has 1 heterocycles. The van der Waals surface area contributed by atoms with Crippen LogP contribution in [0.3, 0.4) is 0 Å². The summed E-state index contributed by atoms with van der Waals surface area (Å²) >= 11 is 0. The van der Waals surface area contributed by atoms with Crippen molar-refractivity contribution in [2.24, 2.45) is 5.10 Å². The van der Waals surface area contributed by atoms with E-state index in [1.54, 1.807) is 49.4 Å². The minimum Gasteiger partial charge on any atom is -0.550 e. The molecule has 0 bridgehead atoms. The molecular weight excluding hydrogens is 390 g/mol. The zero-order valence-electron chi connectivity index (χ0n) is 16.3. The van der Waals surface area contributed by atoms with E-state index in [1.807, 2.05) is 0 Å². The molecule has 0 unspecified atom stereocenters. The maximum Gasteiger partial charge on any atom is 0.271 e. The van der Waals surface area contributed by atoms with Gasteiger partial charge in [0.15, 0.2) is 11.5 Å². The molecule has 2 aromatic rings. The average Bonchev–Trinajstić information content (AvgIpc) is 3.20. The van der Waals surface area contributed by atoms with Gasteiger partial charge in [-0.25, -0.2) is 5.43 Å². The fraction of sp³-hybridized carbons (Fsp3) is 0.238. The third-order valence-electron chi connectivity index (χ3n) is 4.33. The van der Waals surface area contributed by atoms with Crippen LogP contribution < -0.4 is 25.3 Å². The number of nitrogens with one attached hydrogen (secondary N) is 2. The number of amides is 2. The molecule has 156 valence electrons. The summed E-state index contributed by atoms with van der Waals surface area (Å²) in [4.78, 5) is 34.4. The van der Waals surface area contributed by atoms with Crippen molar-refractivity contribution in [2.75, 3.05) is 12.1 Å². The highest BCUT2D eigenvalue weighted by molar-refractivity contribution is 6.01. The predicted molar refractivity (Wildman–Crippen MR) is 106 cm³/mol. The number of carboxylic acid groups (broad SMARTS) is 1. The highest BCUT2D eigenvalue weighted by Gasteiger charge is 2.16. The second-order valence-corrected chi connectivity index (χ2v) is 6.56. The number of hydrogen-bond acceptors (Lipinski definition) is 7. The maximum atomic E-state index is 12.3. The monoisotopic (exact) mass is 410 g/mol. The Morgan fingerprint density at radius 2 is 1.70 bits per heavy atom. The molecule has 0 aliphatic carbocycles. The Kier molecular flexibility index (Phi) is 6.63. The van der Waals surface area contributed by atoms with Crippen LogP contribution in [0.2, 0.25) is 0 Å². The number of anilines is 1. The summed E-state index contributed by atoms with van der Waals surface area (Å²) in [5, 5.41) is 17.2. The molecule has 2 N–H and O–H groups in total. The number of aliphatic carboxylic acids is 1. The lowest BCUT2D eigenvalue weighted by atomic mass is 10.1. The summed E-state index contributed by atoms with van der Waals surface area (Å²) < 4.78 is 10.5. The maximum absolute atomic E-state index is 12.3. The zero-order valence-corrected chi connectivity index (χ0v) is 16.3. The molecule has 3 rings (SSSR count). The van der Waals surface area contributed by atoms with E-state index in [0.29, 0.717) is 28.5 Å². The second kappa shape index (κ2) is 9.55. The standard InChI is InChI=1S/C21H21N3O6/c1-13(23-24-21(28)15-7-10-17-18(11-15)30-12-29-17)14-5-8-16(9-6-14)22-19(25)3-2-4-20(26)27/h5-11H,2-4,12H2,1H3,(H,22,25)(H,24,28)(H,26,27)/p-1/b23-13-. The van der Waals surface area contributed by atoms with Crippen molar-refractivity contribution in [3.05, 3.63) is 53.6 Å². The van der Waals surface area contributed by atoms with Crippen LogP contribution in [0.25, 0.3) is 0 Å². The van der Waals surface area contributed by atoms with Crippen molar-refractivity contribution in [3.8, 4) is 11.5 Å². The SMILES string of the molecule is C/C(=N/NC(=O)c1ccc2c(c1)OCO2)c1ccc(NC(=O)CCCC(=O)[O-])cc1. The molecule has 1 aliphatic heterocycles. The van der Waals surface area contributed by atoms with Gasteiger partial charge < -0.3 is 24.7 Å². The van der Waals surface area contributed by atoms with Gasteiger partial charge in [0.25, 0.3) is 5.91 Å². The van der Waals surface area contributed by atoms with Gasteiger partial charge in [-0.1, -0.05) is 12.1 Å². The number of hydrogen-bond donors (Lipinski definition) is 2. The van der Waals surface area contributed by atoms with Gasteiger partial charge in [-0.3, -0.25) is 9.59 Å². The first kappa shape index (κ1) is 20.8. The smallest absolute Gasteiger partial charge is 0.271 e. The van der Waals surface area contributed by atoms with Crippen molar-refractivity contribution >= 4 is 29.2 Å². The Balaban J connectivity index is 1.54. The van der Waals surface area contributed by atoms with Crippen molar-refractivity contribution in [1.82, 2.24) is 5.43 Å². The number of ether oxygens (including phenoxy) is 2. The lowest BCUT2D eigenvalue weighted by molar-refractivity contribution is -0.305. The van der Waals surface area contributed by atoms with Gasteiger partial charge in [0.1, 0.15) is 0 Å².